The van der Waals surface area contributed by atoms with Crippen LogP contribution in [0.25, 0.3) is 0 Å². The zero-order chi connectivity index (χ0) is 13.6. The van der Waals surface area contributed by atoms with Crippen molar-refractivity contribution in [2.45, 2.75) is 39.7 Å². The highest BCUT2D eigenvalue weighted by atomic mass is 79.9. The van der Waals surface area contributed by atoms with Crippen molar-refractivity contribution >= 4 is 26.0 Å². The zero-order valence-electron chi connectivity index (χ0n) is 10.8. The van der Waals surface area contributed by atoms with Crippen molar-refractivity contribution in [3.63, 3.8) is 0 Å². The van der Waals surface area contributed by atoms with Gasteiger partial charge in [0.15, 0.2) is 0 Å². The van der Waals surface area contributed by atoms with Crippen LogP contribution >= 0.6 is 15.9 Å². The number of sulfonamides is 1. The summed E-state index contributed by atoms with van der Waals surface area (Å²) in [7, 11) is -3.28. The number of nitrogens with one attached hydrogen (secondary N) is 1. The standard InChI is InChI=1S/C12H18BrNO3S/c1-8-4-9-10(14-18(15,16)7-13)5-12(2,3)6-11(9)17-8/h4,10,14H,5-7H2,1-3H3. The van der Waals surface area contributed by atoms with Crippen molar-refractivity contribution in [2.75, 3.05) is 4.66 Å². The van der Waals surface area contributed by atoms with E-state index < -0.39 is 10.0 Å². The molecule has 1 heterocycles. The van der Waals surface area contributed by atoms with E-state index in [1.807, 2.05) is 13.0 Å². The Hall–Kier alpha value is -0.330. The first-order chi connectivity index (χ1) is 8.22. The van der Waals surface area contributed by atoms with Crippen LogP contribution in [0.4, 0.5) is 0 Å². The second-order valence-corrected chi connectivity index (χ2v) is 8.73. The molecule has 1 aromatic heterocycles. The number of alkyl halides is 1. The van der Waals surface area contributed by atoms with Crippen LogP contribution in [0.3, 0.4) is 0 Å². The number of halogens is 1. The third kappa shape index (κ3) is 2.97. The smallest absolute Gasteiger partial charge is 0.222 e. The summed E-state index contributed by atoms with van der Waals surface area (Å²) in [6, 6.07) is 1.75. The number of furan rings is 1. The molecule has 0 radical (unpaired) electrons. The van der Waals surface area contributed by atoms with E-state index in [-0.39, 0.29) is 16.1 Å². The second-order valence-electron chi connectivity index (χ2n) is 5.67. The summed E-state index contributed by atoms with van der Waals surface area (Å²) in [6.07, 6.45) is 1.63. The van der Waals surface area contributed by atoms with Crippen molar-refractivity contribution < 1.29 is 12.8 Å². The molecular weight excluding hydrogens is 318 g/mol. The third-order valence-electron chi connectivity index (χ3n) is 3.20. The highest BCUT2D eigenvalue weighted by Crippen LogP contribution is 2.42. The number of aryl methyl sites for hydroxylation is 1. The normalized spacial score (nSPS) is 22.8. The van der Waals surface area contributed by atoms with Crippen LogP contribution < -0.4 is 4.72 Å². The number of hydrogen-bond donors (Lipinski definition) is 1. The Balaban J connectivity index is 2.36. The zero-order valence-corrected chi connectivity index (χ0v) is 13.2. The van der Waals surface area contributed by atoms with Crippen LogP contribution in [0.15, 0.2) is 10.5 Å². The van der Waals surface area contributed by atoms with Gasteiger partial charge in [-0.2, -0.15) is 0 Å². The van der Waals surface area contributed by atoms with Gasteiger partial charge < -0.3 is 4.42 Å². The van der Waals surface area contributed by atoms with Gasteiger partial charge >= 0.3 is 0 Å². The fourth-order valence-corrected chi connectivity index (χ4v) is 3.64. The van der Waals surface area contributed by atoms with E-state index in [1.165, 1.54) is 0 Å². The minimum atomic E-state index is -3.28. The van der Waals surface area contributed by atoms with Gasteiger partial charge in [0.25, 0.3) is 0 Å². The molecule has 0 aliphatic heterocycles. The molecule has 0 spiro atoms. The van der Waals surface area contributed by atoms with E-state index in [2.05, 4.69) is 34.5 Å². The molecule has 0 aromatic carbocycles. The topological polar surface area (TPSA) is 59.3 Å². The van der Waals surface area contributed by atoms with Crippen LogP contribution in [0.2, 0.25) is 0 Å². The predicted octanol–water partition coefficient (Wildman–Crippen LogP) is 2.87. The molecule has 1 aliphatic carbocycles. The van der Waals surface area contributed by atoms with Crippen molar-refractivity contribution in [1.82, 2.24) is 4.72 Å². The van der Waals surface area contributed by atoms with E-state index in [0.29, 0.717) is 0 Å². The van der Waals surface area contributed by atoms with Gasteiger partial charge in [-0.25, -0.2) is 13.1 Å². The van der Waals surface area contributed by atoms with Gasteiger partial charge in [0, 0.05) is 12.0 Å². The number of fused-ring (bicyclic) bond motifs is 1. The summed E-state index contributed by atoms with van der Waals surface area (Å²) in [5.41, 5.74) is 1.02. The van der Waals surface area contributed by atoms with Crippen LogP contribution in [-0.2, 0) is 16.4 Å². The van der Waals surface area contributed by atoms with Crippen molar-refractivity contribution in [2.24, 2.45) is 5.41 Å². The van der Waals surface area contributed by atoms with Gasteiger partial charge in [-0.05, 0) is 24.8 Å². The van der Waals surface area contributed by atoms with Gasteiger partial charge in [0.05, 0.1) is 6.04 Å². The number of hydrogen-bond acceptors (Lipinski definition) is 3. The first-order valence-electron chi connectivity index (χ1n) is 5.88. The average molecular weight is 336 g/mol. The van der Waals surface area contributed by atoms with E-state index in [4.69, 9.17) is 4.42 Å². The highest BCUT2D eigenvalue weighted by molar-refractivity contribution is 9.10. The summed E-state index contributed by atoms with van der Waals surface area (Å²) in [6.45, 7) is 6.15. The Bertz CT molecular complexity index is 548. The molecule has 0 bridgehead atoms. The first-order valence-corrected chi connectivity index (χ1v) is 8.65. The first kappa shape index (κ1) is 14.1. The van der Waals surface area contributed by atoms with E-state index in [0.717, 1.165) is 29.9 Å². The Labute approximate surface area is 116 Å². The van der Waals surface area contributed by atoms with Crippen LogP contribution in [-0.4, -0.2) is 13.1 Å². The molecule has 0 saturated carbocycles. The van der Waals surface area contributed by atoms with Crippen molar-refractivity contribution in [3.05, 3.63) is 23.2 Å². The van der Waals surface area contributed by atoms with Crippen LogP contribution in [0, 0.1) is 12.3 Å². The molecule has 1 atom stereocenters. The fraction of sp³-hybridized carbons (Fsp3) is 0.667. The van der Waals surface area contributed by atoms with Gasteiger partial charge in [0.1, 0.15) is 16.2 Å². The maximum Gasteiger partial charge on any atom is 0.222 e. The Morgan fingerprint density at radius 2 is 2.22 bits per heavy atom. The molecule has 1 unspecified atom stereocenters. The lowest BCUT2D eigenvalue weighted by atomic mass is 9.75. The van der Waals surface area contributed by atoms with Gasteiger partial charge in [-0.15, -0.1) is 0 Å². The van der Waals surface area contributed by atoms with E-state index in [9.17, 15) is 8.42 Å². The van der Waals surface area contributed by atoms with E-state index in [1.54, 1.807) is 0 Å². The van der Waals surface area contributed by atoms with Gasteiger partial charge in [-0.3, -0.25) is 0 Å². The molecule has 0 fully saturated rings. The Morgan fingerprint density at radius 1 is 1.56 bits per heavy atom. The Kier molecular flexibility index (Phi) is 3.64. The maximum atomic E-state index is 11.7. The number of rotatable bonds is 3. The summed E-state index contributed by atoms with van der Waals surface area (Å²) in [5, 5.41) is 0. The minimum absolute atomic E-state index is 0.0385. The van der Waals surface area contributed by atoms with Crippen molar-refractivity contribution in [3.8, 4) is 0 Å². The average Bonchev–Trinajstić information content (AvgIpc) is 2.56. The lowest BCUT2D eigenvalue weighted by Gasteiger charge is -2.34. The van der Waals surface area contributed by atoms with Crippen molar-refractivity contribution in [1.29, 1.82) is 0 Å². The van der Waals surface area contributed by atoms with E-state index >= 15 is 0 Å². The molecule has 0 amide bonds. The molecule has 0 saturated heterocycles. The fourth-order valence-electron chi connectivity index (χ4n) is 2.54. The molecule has 1 aliphatic rings. The molecule has 2 rings (SSSR count). The summed E-state index contributed by atoms with van der Waals surface area (Å²) >= 11 is 3.00. The molecule has 4 nitrogen and oxygen atoms in total. The molecule has 1 aromatic rings. The Morgan fingerprint density at radius 3 is 2.83 bits per heavy atom. The molecular formula is C12H18BrNO3S. The SMILES string of the molecule is Cc1cc2c(o1)CC(C)(C)CC2NS(=O)(=O)CBr. The van der Waals surface area contributed by atoms with Crippen LogP contribution in [0.5, 0.6) is 0 Å². The summed E-state index contributed by atoms with van der Waals surface area (Å²) < 4.78 is 31.7. The molecule has 6 heteroatoms. The predicted molar refractivity (Wildman–Crippen MR) is 74.1 cm³/mol. The van der Waals surface area contributed by atoms with Gasteiger partial charge in [0.2, 0.25) is 10.0 Å². The molecule has 1 N–H and O–H groups in total. The molecule has 18 heavy (non-hydrogen) atoms. The quantitative estimate of drug-likeness (QED) is 0.864. The third-order valence-corrected chi connectivity index (χ3v) is 5.94. The maximum absolute atomic E-state index is 11.7. The summed E-state index contributed by atoms with van der Waals surface area (Å²) in [4.78, 5) is 0. The minimum Gasteiger partial charge on any atom is -0.466 e. The monoisotopic (exact) mass is 335 g/mol. The highest BCUT2D eigenvalue weighted by Gasteiger charge is 2.36. The lowest BCUT2D eigenvalue weighted by molar-refractivity contribution is 0.247. The molecule has 102 valence electrons. The lowest BCUT2D eigenvalue weighted by Crippen LogP contribution is -2.36. The largest absolute Gasteiger partial charge is 0.466 e. The summed E-state index contributed by atoms with van der Waals surface area (Å²) in [5.74, 6) is 1.74. The second kappa shape index (κ2) is 4.65. The van der Waals surface area contributed by atoms with Gasteiger partial charge in [-0.1, -0.05) is 29.8 Å². The van der Waals surface area contributed by atoms with Crippen LogP contribution in [0.1, 0.15) is 43.4 Å².